The Morgan fingerprint density at radius 2 is 1.92 bits per heavy atom. The molecule has 0 N–H and O–H groups in total. The van der Waals surface area contributed by atoms with E-state index in [-0.39, 0.29) is 18.1 Å². The van der Waals surface area contributed by atoms with Crippen LogP contribution in [0, 0.1) is 0 Å². The van der Waals surface area contributed by atoms with E-state index in [0.717, 1.165) is 6.42 Å². The van der Waals surface area contributed by atoms with Crippen LogP contribution in [0.4, 0.5) is 0 Å². The van der Waals surface area contributed by atoms with Crippen molar-refractivity contribution in [3.63, 3.8) is 0 Å². The van der Waals surface area contributed by atoms with Crippen molar-refractivity contribution in [3.05, 3.63) is 10.4 Å². The van der Waals surface area contributed by atoms with Crippen molar-refractivity contribution in [2.75, 3.05) is 18.1 Å². The van der Waals surface area contributed by atoms with E-state index in [2.05, 4.69) is 10.0 Å². The van der Waals surface area contributed by atoms with Crippen LogP contribution in [0.15, 0.2) is 5.11 Å². The number of azide groups is 1. The molecule has 6 heteroatoms. The lowest BCUT2D eigenvalue weighted by molar-refractivity contribution is 0.590. The highest BCUT2D eigenvalue weighted by atomic mass is 32.2. The van der Waals surface area contributed by atoms with Gasteiger partial charge in [0.05, 0.1) is 11.5 Å². The predicted octanol–water partition coefficient (Wildman–Crippen LogP) is 1.90. The largest absolute Gasteiger partial charge is 0.229 e. The highest BCUT2D eigenvalue weighted by Gasteiger charge is 2.08. The number of unbranched alkanes of at least 4 members (excludes halogenated alkanes) is 1. The Morgan fingerprint density at radius 1 is 1.31 bits per heavy atom. The van der Waals surface area contributed by atoms with Gasteiger partial charge >= 0.3 is 0 Å². The van der Waals surface area contributed by atoms with Crippen molar-refractivity contribution >= 4 is 9.84 Å². The Kier molecular flexibility index (Phi) is 6.36. The van der Waals surface area contributed by atoms with Crippen molar-refractivity contribution in [2.45, 2.75) is 26.2 Å². The van der Waals surface area contributed by atoms with Gasteiger partial charge in [-0.1, -0.05) is 18.5 Å². The van der Waals surface area contributed by atoms with Crippen LogP contribution in [0.5, 0.6) is 0 Å². The third-order valence-electron chi connectivity index (χ3n) is 1.59. The quantitative estimate of drug-likeness (QED) is 0.275. The summed E-state index contributed by atoms with van der Waals surface area (Å²) in [5, 5.41) is 3.27. The molecular weight excluding hydrogens is 190 g/mol. The molecule has 0 fully saturated rings. The van der Waals surface area contributed by atoms with E-state index in [1.165, 1.54) is 0 Å². The number of sulfone groups is 1. The first-order chi connectivity index (χ1) is 6.12. The molecule has 0 aliphatic rings. The van der Waals surface area contributed by atoms with Crippen LogP contribution in [0.3, 0.4) is 0 Å². The maximum absolute atomic E-state index is 11.2. The lowest BCUT2D eigenvalue weighted by atomic mass is 10.4. The fourth-order valence-electron chi connectivity index (χ4n) is 0.866. The fourth-order valence-corrected chi connectivity index (χ4v) is 2.37. The van der Waals surface area contributed by atoms with Crippen LogP contribution in [0.2, 0.25) is 0 Å². The second kappa shape index (κ2) is 6.74. The summed E-state index contributed by atoms with van der Waals surface area (Å²) in [4.78, 5) is 2.55. The maximum atomic E-state index is 11.2. The van der Waals surface area contributed by atoms with E-state index in [0.29, 0.717) is 12.8 Å². The second-order valence-corrected chi connectivity index (χ2v) is 5.12. The first-order valence-corrected chi connectivity index (χ1v) is 6.16. The number of hydrogen-bond donors (Lipinski definition) is 0. The minimum atomic E-state index is -2.91. The first-order valence-electron chi connectivity index (χ1n) is 4.33. The molecule has 13 heavy (non-hydrogen) atoms. The third-order valence-corrected chi connectivity index (χ3v) is 3.41. The summed E-state index contributed by atoms with van der Waals surface area (Å²) in [6.07, 6.45) is 2.02. The minimum Gasteiger partial charge on any atom is -0.229 e. The third kappa shape index (κ3) is 7.62. The van der Waals surface area contributed by atoms with Crippen molar-refractivity contribution in [1.29, 1.82) is 0 Å². The van der Waals surface area contributed by atoms with Crippen LogP contribution in [0.25, 0.3) is 10.4 Å². The lowest BCUT2D eigenvalue weighted by Gasteiger charge is -2.00. The number of rotatable bonds is 7. The van der Waals surface area contributed by atoms with Gasteiger partial charge in [0.15, 0.2) is 0 Å². The average molecular weight is 205 g/mol. The molecule has 76 valence electrons. The fraction of sp³-hybridized carbons (Fsp3) is 1.00. The molecule has 0 aromatic heterocycles. The maximum Gasteiger partial charge on any atom is 0.150 e. The molecule has 0 spiro atoms. The zero-order valence-electron chi connectivity index (χ0n) is 7.81. The van der Waals surface area contributed by atoms with Gasteiger partial charge in [-0.2, -0.15) is 0 Å². The molecular formula is C7H15N3O2S. The molecule has 0 atom stereocenters. The molecule has 0 unspecified atom stereocenters. The van der Waals surface area contributed by atoms with Gasteiger partial charge in [0.1, 0.15) is 9.84 Å². The Morgan fingerprint density at radius 3 is 2.46 bits per heavy atom. The molecule has 0 bridgehead atoms. The number of nitrogens with zero attached hydrogens (tertiary/aromatic N) is 3. The Bertz CT molecular complexity index is 267. The number of hydrogen-bond acceptors (Lipinski definition) is 3. The molecule has 0 rings (SSSR count). The second-order valence-electron chi connectivity index (χ2n) is 2.81. The van der Waals surface area contributed by atoms with E-state index < -0.39 is 9.84 Å². The Labute approximate surface area is 78.7 Å². The van der Waals surface area contributed by atoms with Crippen molar-refractivity contribution in [1.82, 2.24) is 0 Å². The monoisotopic (exact) mass is 205 g/mol. The normalized spacial score (nSPS) is 10.8. The van der Waals surface area contributed by atoms with Gasteiger partial charge in [0, 0.05) is 11.5 Å². The first kappa shape index (κ1) is 12.3. The summed E-state index contributed by atoms with van der Waals surface area (Å²) >= 11 is 0. The van der Waals surface area contributed by atoms with Crippen molar-refractivity contribution in [3.8, 4) is 0 Å². The molecule has 0 aromatic rings. The van der Waals surface area contributed by atoms with Crippen LogP contribution in [-0.4, -0.2) is 26.5 Å². The van der Waals surface area contributed by atoms with Crippen LogP contribution < -0.4 is 0 Å². The summed E-state index contributed by atoms with van der Waals surface area (Å²) in [5.74, 6) is 0.381. The van der Waals surface area contributed by atoms with Gasteiger partial charge in [-0.15, -0.1) is 0 Å². The average Bonchev–Trinajstić information content (AvgIpc) is 2.09. The Hall–Kier alpha value is -0.740. The van der Waals surface area contributed by atoms with Crippen LogP contribution in [0.1, 0.15) is 26.2 Å². The minimum absolute atomic E-state index is 0.131. The van der Waals surface area contributed by atoms with Crippen LogP contribution in [-0.2, 0) is 9.84 Å². The van der Waals surface area contributed by atoms with E-state index in [9.17, 15) is 8.42 Å². The molecule has 5 nitrogen and oxygen atoms in total. The van der Waals surface area contributed by atoms with E-state index in [1.54, 1.807) is 0 Å². The standard InChI is InChI=1S/C7H15N3O2S/c1-2-3-6-13(11,12)7-4-5-9-10-8/h2-7H2,1H3. The summed E-state index contributed by atoms with van der Waals surface area (Å²) < 4.78 is 22.4. The predicted molar refractivity (Wildman–Crippen MR) is 52.2 cm³/mol. The summed E-state index contributed by atoms with van der Waals surface area (Å²) in [6.45, 7) is 2.22. The molecule has 0 aliphatic heterocycles. The van der Waals surface area contributed by atoms with E-state index >= 15 is 0 Å². The van der Waals surface area contributed by atoms with Gasteiger partial charge in [0.25, 0.3) is 0 Å². The van der Waals surface area contributed by atoms with Crippen molar-refractivity contribution in [2.24, 2.45) is 5.11 Å². The molecule has 0 saturated heterocycles. The zero-order valence-corrected chi connectivity index (χ0v) is 8.63. The van der Waals surface area contributed by atoms with Crippen molar-refractivity contribution < 1.29 is 8.42 Å². The SMILES string of the molecule is CCCCS(=O)(=O)CCCN=[N+]=[N-]. The lowest BCUT2D eigenvalue weighted by Crippen LogP contribution is -2.11. The zero-order chi connectivity index (χ0) is 10.2. The molecule has 0 aromatic carbocycles. The van der Waals surface area contributed by atoms with Gasteiger partial charge in [-0.05, 0) is 18.4 Å². The van der Waals surface area contributed by atoms with Gasteiger partial charge in [-0.3, -0.25) is 0 Å². The summed E-state index contributed by atoms with van der Waals surface area (Å²) in [6, 6.07) is 0. The smallest absolute Gasteiger partial charge is 0.150 e. The highest BCUT2D eigenvalue weighted by Crippen LogP contribution is 1.99. The van der Waals surface area contributed by atoms with Gasteiger partial charge in [0.2, 0.25) is 0 Å². The highest BCUT2D eigenvalue weighted by molar-refractivity contribution is 7.91. The Balaban J connectivity index is 3.69. The molecule has 0 radical (unpaired) electrons. The van der Waals surface area contributed by atoms with Gasteiger partial charge in [-0.25, -0.2) is 8.42 Å². The molecule has 0 heterocycles. The summed E-state index contributed by atoms with van der Waals surface area (Å²) in [5.41, 5.74) is 7.95. The van der Waals surface area contributed by atoms with E-state index in [1.807, 2.05) is 6.92 Å². The van der Waals surface area contributed by atoms with Gasteiger partial charge < -0.3 is 0 Å². The summed E-state index contributed by atoms with van der Waals surface area (Å²) in [7, 11) is -2.91. The van der Waals surface area contributed by atoms with E-state index in [4.69, 9.17) is 5.53 Å². The molecule has 0 aliphatic carbocycles. The molecule has 0 saturated carbocycles. The van der Waals surface area contributed by atoms with Crippen LogP contribution >= 0.6 is 0 Å². The molecule has 0 amide bonds. The topological polar surface area (TPSA) is 82.9 Å².